The average molecular weight is 376 g/mol. The van der Waals surface area contributed by atoms with Gasteiger partial charge in [0.15, 0.2) is 0 Å². The molecule has 0 aliphatic carbocycles. The average Bonchev–Trinajstić information content (AvgIpc) is 2.97. The predicted molar refractivity (Wildman–Crippen MR) is 93.6 cm³/mol. The van der Waals surface area contributed by atoms with Crippen LogP contribution in [0.1, 0.15) is 16.1 Å². The van der Waals surface area contributed by atoms with E-state index in [9.17, 15) is 23.1 Å². The first-order valence-electron chi connectivity index (χ1n) is 7.76. The van der Waals surface area contributed by atoms with Crippen LogP contribution in [-0.2, 0) is 13.2 Å². The standard InChI is InChI=1S/C18H15F3N4O2/c1-25-16(18(19,20)21)9-14(24-25)13-7-6-12(8-15(13)26)23-11-4-2-10(3-5-11)17(22)27/h2-9,23,26H,1H3,(H2,22,27). The summed E-state index contributed by atoms with van der Waals surface area (Å²) in [6, 6.07) is 11.7. The van der Waals surface area contributed by atoms with Crippen molar-refractivity contribution >= 4 is 17.3 Å². The fraction of sp³-hybridized carbons (Fsp3) is 0.111. The molecule has 6 nitrogen and oxygen atoms in total. The number of hydrogen-bond acceptors (Lipinski definition) is 4. The van der Waals surface area contributed by atoms with Gasteiger partial charge in [0.2, 0.25) is 5.91 Å². The summed E-state index contributed by atoms with van der Waals surface area (Å²) >= 11 is 0. The zero-order valence-electron chi connectivity index (χ0n) is 14.1. The number of nitrogens with zero attached hydrogens (tertiary/aromatic N) is 2. The third kappa shape index (κ3) is 3.86. The van der Waals surface area contributed by atoms with Crippen LogP contribution in [0.2, 0.25) is 0 Å². The Morgan fingerprint density at radius 3 is 2.26 bits per heavy atom. The highest BCUT2D eigenvalue weighted by atomic mass is 19.4. The van der Waals surface area contributed by atoms with Gasteiger partial charge >= 0.3 is 6.18 Å². The van der Waals surface area contributed by atoms with Crippen LogP contribution in [0.3, 0.4) is 0 Å². The van der Waals surface area contributed by atoms with E-state index >= 15 is 0 Å². The lowest BCUT2D eigenvalue weighted by molar-refractivity contribution is -0.143. The fourth-order valence-corrected chi connectivity index (χ4v) is 2.57. The molecule has 1 amide bonds. The van der Waals surface area contributed by atoms with Gasteiger partial charge in [-0.3, -0.25) is 9.48 Å². The Labute approximate surface area is 152 Å². The number of aromatic nitrogens is 2. The van der Waals surface area contributed by atoms with E-state index in [1.54, 1.807) is 30.3 Å². The van der Waals surface area contributed by atoms with Crippen molar-refractivity contribution in [3.63, 3.8) is 0 Å². The third-order valence-electron chi connectivity index (χ3n) is 3.90. The number of nitrogens with two attached hydrogens (primary N) is 1. The van der Waals surface area contributed by atoms with Crippen molar-refractivity contribution < 1.29 is 23.1 Å². The van der Waals surface area contributed by atoms with Crippen molar-refractivity contribution in [3.8, 4) is 17.0 Å². The lowest BCUT2D eigenvalue weighted by Crippen LogP contribution is -2.11. The van der Waals surface area contributed by atoms with Crippen LogP contribution in [0, 0.1) is 0 Å². The summed E-state index contributed by atoms with van der Waals surface area (Å²) in [6.07, 6.45) is -4.53. The van der Waals surface area contributed by atoms with Gasteiger partial charge in [-0.05, 0) is 42.5 Å². The van der Waals surface area contributed by atoms with Gasteiger partial charge in [-0.25, -0.2) is 0 Å². The number of primary amides is 1. The lowest BCUT2D eigenvalue weighted by Gasteiger charge is -2.09. The highest BCUT2D eigenvalue weighted by molar-refractivity contribution is 5.93. The number of amides is 1. The van der Waals surface area contributed by atoms with Crippen molar-refractivity contribution in [2.45, 2.75) is 6.18 Å². The molecule has 4 N–H and O–H groups in total. The number of carbonyl (C=O) groups excluding carboxylic acids is 1. The van der Waals surface area contributed by atoms with Crippen molar-refractivity contribution in [1.82, 2.24) is 9.78 Å². The summed E-state index contributed by atoms with van der Waals surface area (Å²) in [4.78, 5) is 11.1. The second-order valence-electron chi connectivity index (χ2n) is 5.83. The molecule has 0 spiro atoms. The maximum atomic E-state index is 12.9. The maximum absolute atomic E-state index is 12.9. The highest BCUT2D eigenvalue weighted by Gasteiger charge is 2.35. The minimum atomic E-state index is -4.53. The molecule has 140 valence electrons. The Balaban J connectivity index is 1.85. The highest BCUT2D eigenvalue weighted by Crippen LogP contribution is 2.36. The van der Waals surface area contributed by atoms with Gasteiger partial charge in [-0.15, -0.1) is 0 Å². The van der Waals surface area contributed by atoms with E-state index in [-0.39, 0.29) is 17.0 Å². The molecule has 27 heavy (non-hydrogen) atoms. The van der Waals surface area contributed by atoms with E-state index in [0.29, 0.717) is 16.9 Å². The molecule has 0 saturated heterocycles. The lowest BCUT2D eigenvalue weighted by atomic mass is 10.1. The van der Waals surface area contributed by atoms with Crippen LogP contribution in [0.25, 0.3) is 11.3 Å². The first kappa shape index (κ1) is 18.3. The number of nitrogens with one attached hydrogen (secondary N) is 1. The topological polar surface area (TPSA) is 93.2 Å². The molecule has 0 bridgehead atoms. The van der Waals surface area contributed by atoms with Crippen LogP contribution in [-0.4, -0.2) is 20.8 Å². The molecule has 0 saturated carbocycles. The molecular weight excluding hydrogens is 361 g/mol. The minimum absolute atomic E-state index is 0.0136. The largest absolute Gasteiger partial charge is 0.507 e. The molecule has 0 aliphatic rings. The SMILES string of the molecule is Cn1nc(-c2ccc(Nc3ccc(C(N)=O)cc3)cc2O)cc1C(F)(F)F. The normalized spacial score (nSPS) is 11.4. The molecule has 1 aromatic heterocycles. The van der Waals surface area contributed by atoms with Crippen LogP contribution in [0.4, 0.5) is 24.5 Å². The number of anilines is 2. The molecule has 0 atom stereocenters. The first-order chi connectivity index (χ1) is 12.6. The Morgan fingerprint density at radius 2 is 1.74 bits per heavy atom. The number of phenols is 1. The monoisotopic (exact) mass is 376 g/mol. The number of hydrogen-bond donors (Lipinski definition) is 3. The van der Waals surface area contributed by atoms with Crippen molar-refractivity contribution in [3.05, 3.63) is 59.8 Å². The second-order valence-corrected chi connectivity index (χ2v) is 5.83. The molecule has 2 aromatic carbocycles. The Bertz CT molecular complexity index is 995. The number of phenolic OH excluding ortho intramolecular Hbond substituents is 1. The summed E-state index contributed by atoms with van der Waals surface area (Å²) in [7, 11) is 1.19. The minimum Gasteiger partial charge on any atom is -0.507 e. The van der Waals surface area contributed by atoms with Gasteiger partial charge in [0, 0.05) is 35.6 Å². The van der Waals surface area contributed by atoms with Gasteiger partial charge in [0.25, 0.3) is 0 Å². The number of aryl methyl sites for hydroxylation is 1. The molecule has 0 aliphatic heterocycles. The molecule has 0 radical (unpaired) electrons. The van der Waals surface area contributed by atoms with E-state index in [1.165, 1.54) is 19.2 Å². The van der Waals surface area contributed by atoms with Gasteiger partial charge < -0.3 is 16.2 Å². The molecule has 0 fully saturated rings. The zero-order valence-corrected chi connectivity index (χ0v) is 14.1. The maximum Gasteiger partial charge on any atom is 0.433 e. The molecular formula is C18H15F3N4O2. The quantitative estimate of drug-likeness (QED) is 0.648. The number of halogens is 3. The summed E-state index contributed by atoms with van der Waals surface area (Å²) in [5, 5.41) is 17.0. The Kier molecular flexibility index (Phi) is 4.52. The van der Waals surface area contributed by atoms with Crippen molar-refractivity contribution in [2.24, 2.45) is 12.8 Å². The van der Waals surface area contributed by atoms with E-state index in [4.69, 9.17) is 5.73 Å². The van der Waals surface area contributed by atoms with Crippen molar-refractivity contribution in [1.29, 1.82) is 0 Å². The number of carbonyl (C=O) groups is 1. The molecule has 9 heteroatoms. The van der Waals surface area contributed by atoms with Crippen molar-refractivity contribution in [2.75, 3.05) is 5.32 Å². The fourth-order valence-electron chi connectivity index (χ4n) is 2.57. The van der Waals surface area contributed by atoms with E-state index in [2.05, 4.69) is 10.4 Å². The van der Waals surface area contributed by atoms with Crippen LogP contribution in [0.5, 0.6) is 5.75 Å². The number of rotatable bonds is 4. The summed E-state index contributed by atoms with van der Waals surface area (Å²) in [5.74, 6) is -0.766. The van der Waals surface area contributed by atoms with Gasteiger partial charge in [0.1, 0.15) is 11.4 Å². The van der Waals surface area contributed by atoms with Crippen LogP contribution in [0.15, 0.2) is 48.5 Å². The Hall–Kier alpha value is -3.49. The smallest absolute Gasteiger partial charge is 0.433 e. The predicted octanol–water partition coefficient (Wildman–Crippen LogP) is 3.65. The van der Waals surface area contributed by atoms with E-state index in [0.717, 1.165) is 10.7 Å². The number of aromatic hydroxyl groups is 1. The van der Waals surface area contributed by atoms with E-state index in [1.807, 2.05) is 0 Å². The van der Waals surface area contributed by atoms with E-state index < -0.39 is 17.8 Å². The van der Waals surface area contributed by atoms with Gasteiger partial charge in [-0.2, -0.15) is 18.3 Å². The second kappa shape index (κ2) is 6.67. The number of benzene rings is 2. The number of alkyl halides is 3. The molecule has 0 unspecified atom stereocenters. The Morgan fingerprint density at radius 1 is 1.11 bits per heavy atom. The molecule has 3 rings (SSSR count). The van der Waals surface area contributed by atoms with Crippen LogP contribution >= 0.6 is 0 Å². The summed E-state index contributed by atoms with van der Waals surface area (Å²) in [6.45, 7) is 0. The molecule has 1 heterocycles. The van der Waals surface area contributed by atoms with Crippen LogP contribution < -0.4 is 11.1 Å². The molecule has 3 aromatic rings. The zero-order chi connectivity index (χ0) is 19.8. The summed E-state index contributed by atoms with van der Waals surface area (Å²) in [5.41, 5.74) is 5.97. The van der Waals surface area contributed by atoms with Gasteiger partial charge in [-0.1, -0.05) is 0 Å². The summed E-state index contributed by atoms with van der Waals surface area (Å²) < 4.78 is 39.4. The van der Waals surface area contributed by atoms with Gasteiger partial charge in [0.05, 0.1) is 5.69 Å². The first-order valence-corrected chi connectivity index (χ1v) is 7.76. The third-order valence-corrected chi connectivity index (χ3v) is 3.90.